The first-order chi connectivity index (χ1) is 13.1. The van der Waals surface area contributed by atoms with E-state index in [-0.39, 0.29) is 23.5 Å². The van der Waals surface area contributed by atoms with Gasteiger partial charge >= 0.3 is 0 Å². The number of hydrogen-bond donors (Lipinski definition) is 2. The number of hydrogen-bond acceptors (Lipinski definition) is 3. The molecule has 6 heteroatoms. The van der Waals surface area contributed by atoms with E-state index in [0.29, 0.717) is 25.2 Å². The molecule has 1 aliphatic rings. The van der Waals surface area contributed by atoms with Crippen LogP contribution in [-0.2, 0) is 9.59 Å². The minimum absolute atomic E-state index is 0.0233. The minimum Gasteiger partial charge on any atom is -0.326 e. The highest BCUT2D eigenvalue weighted by Crippen LogP contribution is 2.19. The van der Waals surface area contributed by atoms with E-state index in [0.717, 1.165) is 25.1 Å². The van der Waals surface area contributed by atoms with E-state index in [4.69, 9.17) is 0 Å². The van der Waals surface area contributed by atoms with E-state index in [1.54, 1.807) is 12.1 Å². The van der Waals surface area contributed by atoms with Gasteiger partial charge < -0.3 is 15.5 Å². The van der Waals surface area contributed by atoms with Crippen molar-refractivity contribution in [2.45, 2.75) is 19.3 Å². The van der Waals surface area contributed by atoms with Crippen LogP contribution < -0.4 is 10.6 Å². The van der Waals surface area contributed by atoms with Gasteiger partial charge in [-0.05, 0) is 49.7 Å². The summed E-state index contributed by atoms with van der Waals surface area (Å²) in [7, 11) is 0. The van der Waals surface area contributed by atoms with E-state index in [1.165, 1.54) is 12.1 Å². The normalized spacial score (nSPS) is 17.3. The van der Waals surface area contributed by atoms with Gasteiger partial charge in [0.25, 0.3) is 0 Å². The number of carbonyl (C=O) groups is 2. The average molecular weight is 369 g/mol. The highest BCUT2D eigenvalue weighted by atomic mass is 19.1. The lowest BCUT2D eigenvalue weighted by atomic mass is 9.97. The number of anilines is 2. The summed E-state index contributed by atoms with van der Waals surface area (Å²) < 4.78 is 13.2. The molecule has 2 N–H and O–H groups in total. The summed E-state index contributed by atoms with van der Waals surface area (Å²) in [6.07, 6.45) is 2.09. The van der Waals surface area contributed by atoms with Crippen molar-refractivity contribution < 1.29 is 14.0 Å². The number of nitrogens with zero attached hydrogens (tertiary/aromatic N) is 1. The molecule has 1 saturated heterocycles. The number of amides is 2. The molecule has 1 atom stereocenters. The number of halogens is 1. The lowest BCUT2D eigenvalue weighted by Crippen LogP contribution is -2.41. The molecule has 2 aromatic rings. The van der Waals surface area contributed by atoms with Crippen LogP contribution in [0.25, 0.3) is 0 Å². The van der Waals surface area contributed by atoms with Crippen molar-refractivity contribution in [1.82, 2.24) is 4.90 Å². The first kappa shape index (κ1) is 19.0. The van der Waals surface area contributed by atoms with Crippen molar-refractivity contribution in [2.75, 3.05) is 30.3 Å². The molecule has 27 heavy (non-hydrogen) atoms. The molecule has 0 bridgehead atoms. The van der Waals surface area contributed by atoms with Crippen LogP contribution in [0.15, 0.2) is 54.6 Å². The average Bonchev–Trinajstić information content (AvgIpc) is 2.67. The van der Waals surface area contributed by atoms with Crippen LogP contribution in [-0.4, -0.2) is 36.3 Å². The molecular formula is C21H24FN3O2. The minimum atomic E-state index is -0.379. The molecule has 0 spiro atoms. The Hall–Kier alpha value is -2.73. The van der Waals surface area contributed by atoms with Gasteiger partial charge in [0.2, 0.25) is 11.8 Å². The molecule has 2 aromatic carbocycles. The Labute approximate surface area is 158 Å². The van der Waals surface area contributed by atoms with Crippen LogP contribution in [0.5, 0.6) is 0 Å². The van der Waals surface area contributed by atoms with Gasteiger partial charge in [0, 0.05) is 30.9 Å². The summed E-state index contributed by atoms with van der Waals surface area (Å²) in [6, 6.07) is 15.3. The maximum absolute atomic E-state index is 13.2. The second kappa shape index (κ2) is 9.28. The lowest BCUT2D eigenvalue weighted by Gasteiger charge is -2.31. The van der Waals surface area contributed by atoms with Gasteiger partial charge in [-0.3, -0.25) is 9.59 Å². The smallest absolute Gasteiger partial charge is 0.228 e. The SMILES string of the molecule is O=C(CCN1CCCC(C(=O)Nc2ccccc2)C1)Nc1cccc(F)c1. The molecule has 1 fully saturated rings. The molecule has 1 aliphatic heterocycles. The fourth-order valence-corrected chi connectivity index (χ4v) is 3.29. The van der Waals surface area contributed by atoms with Crippen molar-refractivity contribution in [3.63, 3.8) is 0 Å². The van der Waals surface area contributed by atoms with Crippen LogP contribution >= 0.6 is 0 Å². The summed E-state index contributed by atoms with van der Waals surface area (Å²) >= 11 is 0. The number of piperidine rings is 1. The third kappa shape index (κ3) is 5.89. The molecule has 2 amide bonds. The van der Waals surface area contributed by atoms with Crippen LogP contribution in [0.3, 0.4) is 0 Å². The number of carbonyl (C=O) groups excluding carboxylic acids is 2. The van der Waals surface area contributed by atoms with Gasteiger partial charge in [0.1, 0.15) is 5.82 Å². The van der Waals surface area contributed by atoms with Crippen LogP contribution in [0, 0.1) is 11.7 Å². The van der Waals surface area contributed by atoms with Gasteiger partial charge in [-0.15, -0.1) is 0 Å². The van der Waals surface area contributed by atoms with Crippen molar-refractivity contribution in [1.29, 1.82) is 0 Å². The summed E-state index contributed by atoms with van der Waals surface area (Å²) in [4.78, 5) is 26.7. The van der Waals surface area contributed by atoms with Gasteiger partial charge in [-0.1, -0.05) is 24.3 Å². The zero-order valence-corrected chi connectivity index (χ0v) is 15.2. The molecule has 142 valence electrons. The maximum Gasteiger partial charge on any atom is 0.228 e. The zero-order valence-electron chi connectivity index (χ0n) is 15.2. The summed E-state index contributed by atoms with van der Waals surface area (Å²) in [5, 5.41) is 5.66. The fraction of sp³-hybridized carbons (Fsp3) is 0.333. The standard InChI is InChI=1S/C21H24FN3O2/c22-17-7-4-10-19(14-17)23-20(26)11-13-25-12-5-6-16(15-25)21(27)24-18-8-2-1-3-9-18/h1-4,7-10,14,16H,5-6,11-13,15H2,(H,23,26)(H,24,27). The Balaban J connectivity index is 1.45. The van der Waals surface area contributed by atoms with Gasteiger partial charge in [-0.2, -0.15) is 0 Å². The molecule has 3 rings (SSSR count). The van der Waals surface area contributed by atoms with E-state index in [1.807, 2.05) is 30.3 Å². The predicted octanol–water partition coefficient (Wildman–Crippen LogP) is 3.51. The molecule has 0 radical (unpaired) electrons. The zero-order chi connectivity index (χ0) is 19.1. The lowest BCUT2D eigenvalue weighted by molar-refractivity contribution is -0.121. The van der Waals surface area contributed by atoms with Gasteiger partial charge in [0.15, 0.2) is 0 Å². The van der Waals surface area contributed by atoms with Gasteiger partial charge in [0.05, 0.1) is 5.92 Å². The fourth-order valence-electron chi connectivity index (χ4n) is 3.29. The molecule has 0 saturated carbocycles. The molecule has 1 unspecified atom stereocenters. The number of para-hydroxylation sites is 1. The second-order valence-electron chi connectivity index (χ2n) is 6.80. The first-order valence-electron chi connectivity index (χ1n) is 9.24. The Bertz CT molecular complexity index is 782. The van der Waals surface area contributed by atoms with Crippen LogP contribution in [0.1, 0.15) is 19.3 Å². The van der Waals surface area contributed by atoms with E-state index in [2.05, 4.69) is 15.5 Å². The van der Waals surface area contributed by atoms with Crippen molar-refractivity contribution in [3.8, 4) is 0 Å². The third-order valence-electron chi connectivity index (χ3n) is 4.68. The second-order valence-corrected chi connectivity index (χ2v) is 6.80. The maximum atomic E-state index is 13.2. The topological polar surface area (TPSA) is 61.4 Å². The Morgan fingerprint density at radius 2 is 1.81 bits per heavy atom. The van der Waals surface area contributed by atoms with Crippen molar-refractivity contribution in [3.05, 3.63) is 60.4 Å². The largest absolute Gasteiger partial charge is 0.326 e. The monoisotopic (exact) mass is 369 g/mol. The van der Waals surface area contributed by atoms with Crippen LogP contribution in [0.4, 0.5) is 15.8 Å². The number of rotatable bonds is 6. The summed E-state index contributed by atoms with van der Waals surface area (Å²) in [5.41, 5.74) is 1.26. The highest BCUT2D eigenvalue weighted by molar-refractivity contribution is 5.93. The van der Waals surface area contributed by atoms with Crippen molar-refractivity contribution >= 4 is 23.2 Å². The van der Waals surface area contributed by atoms with E-state index in [9.17, 15) is 14.0 Å². The molecule has 0 aromatic heterocycles. The van der Waals surface area contributed by atoms with Crippen molar-refractivity contribution in [2.24, 2.45) is 5.92 Å². The number of nitrogens with one attached hydrogen (secondary N) is 2. The summed E-state index contributed by atoms with van der Waals surface area (Å²) in [6.45, 7) is 2.10. The van der Waals surface area contributed by atoms with Gasteiger partial charge in [-0.25, -0.2) is 4.39 Å². The van der Waals surface area contributed by atoms with E-state index >= 15 is 0 Å². The molecule has 5 nitrogen and oxygen atoms in total. The molecule has 1 heterocycles. The third-order valence-corrected chi connectivity index (χ3v) is 4.68. The van der Waals surface area contributed by atoms with Crippen LogP contribution in [0.2, 0.25) is 0 Å². The Morgan fingerprint density at radius 1 is 1.04 bits per heavy atom. The first-order valence-corrected chi connectivity index (χ1v) is 9.24. The molecular weight excluding hydrogens is 345 g/mol. The van der Waals surface area contributed by atoms with E-state index < -0.39 is 0 Å². The quantitative estimate of drug-likeness (QED) is 0.819. The summed E-state index contributed by atoms with van der Waals surface area (Å²) in [5.74, 6) is -0.590. The number of benzene rings is 2. The molecule has 0 aliphatic carbocycles. The number of likely N-dealkylation sites (tertiary alicyclic amines) is 1. The highest BCUT2D eigenvalue weighted by Gasteiger charge is 2.26. The Morgan fingerprint density at radius 3 is 2.59 bits per heavy atom. The Kier molecular flexibility index (Phi) is 6.54. The predicted molar refractivity (Wildman–Crippen MR) is 104 cm³/mol.